The molecule has 21 heavy (non-hydrogen) atoms. The Kier molecular flexibility index (Phi) is 4.63. The van der Waals surface area contributed by atoms with Crippen molar-refractivity contribution in [2.45, 2.75) is 6.92 Å². The fourth-order valence-corrected chi connectivity index (χ4v) is 1.83. The van der Waals surface area contributed by atoms with Crippen molar-refractivity contribution < 1.29 is 0 Å². The summed E-state index contributed by atoms with van der Waals surface area (Å²) in [5, 5.41) is 28.1. The van der Waals surface area contributed by atoms with Crippen molar-refractivity contribution in [2.75, 3.05) is 11.6 Å². The molecule has 5 heteroatoms. The van der Waals surface area contributed by atoms with E-state index in [1.54, 1.807) is 41.4 Å². The van der Waals surface area contributed by atoms with E-state index in [4.69, 9.17) is 10.5 Å². The third kappa shape index (κ3) is 3.23. The summed E-state index contributed by atoms with van der Waals surface area (Å²) in [7, 11) is 0. The number of hydrogen-bond acceptors (Lipinski definition) is 4. The minimum Gasteiger partial charge on any atom is -0.246 e. The van der Waals surface area contributed by atoms with Gasteiger partial charge in [0.05, 0.1) is 16.8 Å². The van der Waals surface area contributed by atoms with E-state index >= 15 is 0 Å². The molecule has 0 saturated carbocycles. The Hall–Kier alpha value is -3.18. The molecule has 0 atom stereocenters. The number of nitriles is 2. The minimum atomic E-state index is 0.464. The number of hydrogen-bond donors (Lipinski definition) is 0. The Balaban J connectivity index is 2.34. The molecule has 2 rings (SSSR count). The zero-order valence-electron chi connectivity index (χ0n) is 11.6. The van der Waals surface area contributed by atoms with Gasteiger partial charge >= 0.3 is 0 Å². The second kappa shape index (κ2) is 6.83. The predicted octanol–water partition coefficient (Wildman–Crippen LogP) is 3.96. The molecule has 0 heterocycles. The lowest BCUT2D eigenvalue weighted by atomic mass is 10.2. The van der Waals surface area contributed by atoms with E-state index in [1.807, 2.05) is 19.1 Å². The summed E-state index contributed by atoms with van der Waals surface area (Å²) in [5.41, 5.74) is 2.20. The van der Waals surface area contributed by atoms with Crippen LogP contribution in [0.3, 0.4) is 0 Å². The Morgan fingerprint density at radius 2 is 1.57 bits per heavy atom. The van der Waals surface area contributed by atoms with Crippen molar-refractivity contribution in [2.24, 2.45) is 10.3 Å². The molecule has 0 aromatic heterocycles. The summed E-state index contributed by atoms with van der Waals surface area (Å²) < 4.78 is 0. The lowest BCUT2D eigenvalue weighted by Gasteiger charge is -2.16. The highest BCUT2D eigenvalue weighted by atomic mass is 15.5. The molecule has 0 amide bonds. The fraction of sp³-hybridized carbons (Fsp3) is 0.125. The van der Waals surface area contributed by atoms with E-state index in [0.717, 1.165) is 0 Å². The van der Waals surface area contributed by atoms with Crippen LogP contribution in [-0.4, -0.2) is 6.54 Å². The molecule has 0 unspecified atom stereocenters. The van der Waals surface area contributed by atoms with Gasteiger partial charge in [-0.1, -0.05) is 29.5 Å². The second-order valence-electron chi connectivity index (χ2n) is 4.16. The van der Waals surface area contributed by atoms with E-state index < -0.39 is 0 Å². The van der Waals surface area contributed by atoms with Crippen LogP contribution in [0.5, 0.6) is 0 Å². The average Bonchev–Trinajstić information content (AvgIpc) is 2.56. The van der Waals surface area contributed by atoms with Crippen LogP contribution in [0, 0.1) is 22.7 Å². The first kappa shape index (κ1) is 14.2. The molecule has 0 radical (unpaired) electrons. The maximum Gasteiger partial charge on any atom is 0.105 e. The molecule has 0 aliphatic heterocycles. The summed E-state index contributed by atoms with van der Waals surface area (Å²) in [6.07, 6.45) is 0. The molecular formula is C16H13N5. The van der Waals surface area contributed by atoms with Crippen LogP contribution in [0.4, 0.5) is 11.4 Å². The molecule has 102 valence electrons. The fourth-order valence-electron chi connectivity index (χ4n) is 1.83. The first-order valence-corrected chi connectivity index (χ1v) is 6.47. The van der Waals surface area contributed by atoms with E-state index in [-0.39, 0.29) is 0 Å². The normalized spacial score (nSPS) is 10.0. The van der Waals surface area contributed by atoms with Crippen molar-refractivity contribution in [1.29, 1.82) is 10.5 Å². The number of rotatable bonds is 4. The van der Waals surface area contributed by atoms with Crippen LogP contribution in [0.25, 0.3) is 0 Å². The third-order valence-corrected chi connectivity index (χ3v) is 2.89. The molecule has 0 bridgehead atoms. The Morgan fingerprint density at radius 3 is 2.24 bits per heavy atom. The van der Waals surface area contributed by atoms with Gasteiger partial charge in [0.15, 0.2) is 0 Å². The maximum absolute atomic E-state index is 9.14. The highest BCUT2D eigenvalue weighted by molar-refractivity contribution is 5.58. The average molecular weight is 275 g/mol. The number of nitrogens with zero attached hydrogens (tertiary/aromatic N) is 5. The molecule has 0 aliphatic rings. The quantitative estimate of drug-likeness (QED) is 0.626. The predicted molar refractivity (Wildman–Crippen MR) is 79.9 cm³/mol. The van der Waals surface area contributed by atoms with Crippen LogP contribution in [-0.2, 0) is 0 Å². The maximum atomic E-state index is 9.14. The lowest BCUT2D eigenvalue weighted by Crippen LogP contribution is -2.15. The molecule has 0 saturated heterocycles. The SMILES string of the molecule is CCN(N=Nc1ccccc1C#N)c1ccccc1C#N. The van der Waals surface area contributed by atoms with Gasteiger partial charge in [-0.2, -0.15) is 10.5 Å². The Labute approximate surface area is 123 Å². The lowest BCUT2D eigenvalue weighted by molar-refractivity contribution is 0.833. The van der Waals surface area contributed by atoms with E-state index in [2.05, 4.69) is 22.5 Å². The Morgan fingerprint density at radius 1 is 0.952 bits per heavy atom. The van der Waals surface area contributed by atoms with Gasteiger partial charge in [0, 0.05) is 6.54 Å². The minimum absolute atomic E-state index is 0.464. The summed E-state index contributed by atoms with van der Waals surface area (Å²) in [4.78, 5) is 0. The van der Waals surface area contributed by atoms with Crippen LogP contribution in [0.1, 0.15) is 18.1 Å². The molecule has 0 spiro atoms. The van der Waals surface area contributed by atoms with E-state index in [1.165, 1.54) is 0 Å². The van der Waals surface area contributed by atoms with Crippen molar-refractivity contribution in [3.05, 3.63) is 59.7 Å². The molecule has 2 aromatic carbocycles. The van der Waals surface area contributed by atoms with Crippen LogP contribution in [0.15, 0.2) is 58.9 Å². The Bertz CT molecular complexity index is 737. The van der Waals surface area contributed by atoms with Crippen molar-refractivity contribution in [1.82, 2.24) is 0 Å². The van der Waals surface area contributed by atoms with Crippen LogP contribution >= 0.6 is 0 Å². The van der Waals surface area contributed by atoms with Crippen LogP contribution in [0.2, 0.25) is 0 Å². The van der Waals surface area contributed by atoms with Gasteiger partial charge in [0.1, 0.15) is 17.8 Å². The summed E-state index contributed by atoms with van der Waals surface area (Å²) in [6, 6.07) is 18.4. The number of benzene rings is 2. The first-order chi connectivity index (χ1) is 10.3. The van der Waals surface area contributed by atoms with Gasteiger partial charge in [-0.15, -0.1) is 5.11 Å². The highest BCUT2D eigenvalue weighted by Crippen LogP contribution is 2.23. The standard InChI is InChI=1S/C16H13N5/c1-2-21(16-10-6-4-8-14(16)12-18)20-19-15-9-5-3-7-13(15)11-17/h3-10H,2H2,1H3. The van der Waals surface area contributed by atoms with Gasteiger partial charge in [0.25, 0.3) is 0 Å². The molecular weight excluding hydrogens is 262 g/mol. The topological polar surface area (TPSA) is 75.5 Å². The van der Waals surface area contributed by atoms with Crippen molar-refractivity contribution in [3.8, 4) is 12.1 Å². The zero-order chi connectivity index (χ0) is 15.1. The smallest absolute Gasteiger partial charge is 0.105 e. The third-order valence-electron chi connectivity index (χ3n) is 2.89. The van der Waals surface area contributed by atoms with Gasteiger partial charge in [-0.05, 0) is 31.2 Å². The van der Waals surface area contributed by atoms with Crippen molar-refractivity contribution >= 4 is 11.4 Å². The van der Waals surface area contributed by atoms with Crippen LogP contribution < -0.4 is 5.01 Å². The zero-order valence-corrected chi connectivity index (χ0v) is 11.6. The molecule has 5 nitrogen and oxygen atoms in total. The van der Waals surface area contributed by atoms with Gasteiger partial charge < -0.3 is 0 Å². The largest absolute Gasteiger partial charge is 0.246 e. The first-order valence-electron chi connectivity index (χ1n) is 6.47. The molecule has 0 aliphatic carbocycles. The second-order valence-corrected chi connectivity index (χ2v) is 4.16. The highest BCUT2D eigenvalue weighted by Gasteiger charge is 2.08. The number of anilines is 1. The number of para-hydroxylation sites is 1. The van der Waals surface area contributed by atoms with E-state index in [9.17, 15) is 0 Å². The summed E-state index contributed by atoms with van der Waals surface area (Å²) in [6.45, 7) is 2.49. The molecule has 0 fully saturated rings. The molecule has 0 N–H and O–H groups in total. The van der Waals surface area contributed by atoms with Gasteiger partial charge in [0.2, 0.25) is 0 Å². The van der Waals surface area contributed by atoms with Crippen molar-refractivity contribution in [3.63, 3.8) is 0 Å². The monoisotopic (exact) mass is 275 g/mol. The summed E-state index contributed by atoms with van der Waals surface area (Å²) in [5.74, 6) is 0. The van der Waals surface area contributed by atoms with Gasteiger partial charge in [-0.25, -0.2) is 5.01 Å². The van der Waals surface area contributed by atoms with Gasteiger partial charge in [-0.3, -0.25) is 0 Å². The van der Waals surface area contributed by atoms with E-state index in [0.29, 0.717) is 29.0 Å². The molecule has 2 aromatic rings. The summed E-state index contributed by atoms with van der Waals surface area (Å²) >= 11 is 0.